The van der Waals surface area contributed by atoms with Crippen LogP contribution in [0.25, 0.3) is 0 Å². The quantitative estimate of drug-likeness (QED) is 0.362. The predicted octanol–water partition coefficient (Wildman–Crippen LogP) is 6.75. The van der Waals surface area contributed by atoms with Crippen molar-refractivity contribution in [2.75, 3.05) is 0 Å². The van der Waals surface area contributed by atoms with E-state index >= 15 is 0 Å². The molecule has 0 heterocycles. The maximum atomic E-state index is 7.55. The predicted molar refractivity (Wildman–Crippen MR) is 138 cm³/mol. The van der Waals surface area contributed by atoms with Gasteiger partial charge in [-0.2, -0.15) is 0 Å². The average Bonchev–Trinajstić information content (AvgIpc) is 2.73. The van der Waals surface area contributed by atoms with Gasteiger partial charge in [-0.3, -0.25) is 0 Å². The lowest BCUT2D eigenvalue weighted by atomic mass is 9.69. The van der Waals surface area contributed by atoms with Gasteiger partial charge in [-0.25, -0.2) is 0 Å². The van der Waals surface area contributed by atoms with Crippen molar-refractivity contribution in [3.05, 3.63) is 85.0 Å². The van der Waals surface area contributed by atoms with Gasteiger partial charge in [0.1, 0.15) is 0 Å². The highest BCUT2D eigenvalue weighted by atomic mass is 28.4. The van der Waals surface area contributed by atoms with Crippen LogP contribution in [0.1, 0.15) is 54.4 Å². The molecule has 0 bridgehead atoms. The fourth-order valence-corrected chi connectivity index (χ4v) is 10.3. The second kappa shape index (κ2) is 9.30. The largest absolute Gasteiger partial charge is 0.404 e. The Labute approximate surface area is 191 Å². The number of hydrogen-bond acceptors (Lipinski definition) is 1. The summed E-state index contributed by atoms with van der Waals surface area (Å²) in [5.74, 6) is 1.40. The SMILES string of the molecule is C=C(C)[C@@H]1CC(O[Si](c2ccccc2)(c2ccccc2)C(C)(C)C)C(C)[C@@H](C(=C)C)C1. The van der Waals surface area contributed by atoms with Gasteiger partial charge in [0, 0.05) is 6.10 Å². The van der Waals surface area contributed by atoms with Gasteiger partial charge < -0.3 is 4.43 Å². The summed E-state index contributed by atoms with van der Waals surface area (Å²) in [6.07, 6.45) is 2.38. The molecule has 1 saturated carbocycles. The molecule has 31 heavy (non-hydrogen) atoms. The van der Waals surface area contributed by atoms with E-state index in [2.05, 4.69) is 115 Å². The Balaban J connectivity index is 2.16. The Bertz CT molecular complexity index is 854. The van der Waals surface area contributed by atoms with Crippen LogP contribution in [0.4, 0.5) is 0 Å². The third-order valence-electron chi connectivity index (χ3n) is 7.35. The van der Waals surface area contributed by atoms with E-state index < -0.39 is 8.32 Å². The minimum Gasteiger partial charge on any atom is -0.404 e. The molecule has 1 aliphatic carbocycles. The summed E-state index contributed by atoms with van der Waals surface area (Å²) in [5.41, 5.74) is 2.55. The number of allylic oxidation sites excluding steroid dienone is 2. The van der Waals surface area contributed by atoms with E-state index in [1.807, 2.05) is 0 Å². The summed E-state index contributed by atoms with van der Waals surface area (Å²) >= 11 is 0. The molecule has 0 amide bonds. The molecule has 0 saturated heterocycles. The molecule has 0 aliphatic heterocycles. The van der Waals surface area contributed by atoms with Crippen LogP contribution in [0, 0.1) is 17.8 Å². The molecule has 4 atom stereocenters. The third-order valence-corrected chi connectivity index (χ3v) is 12.4. The maximum absolute atomic E-state index is 7.55. The molecule has 0 radical (unpaired) electrons. The van der Waals surface area contributed by atoms with Gasteiger partial charge in [-0.05, 0) is 59.9 Å². The zero-order valence-electron chi connectivity index (χ0n) is 20.3. The van der Waals surface area contributed by atoms with Gasteiger partial charge in [0.2, 0.25) is 0 Å². The molecule has 1 aliphatic rings. The van der Waals surface area contributed by atoms with Crippen LogP contribution in [0.2, 0.25) is 5.04 Å². The number of rotatable bonds is 6. The standard InChI is InChI=1S/C29H40OSi/c1-21(2)24-19-27(22(3)4)23(5)28(20-24)30-31(29(6,7)8,25-15-11-9-12-16-25)26-17-13-10-14-18-26/h9-18,23-24,27-28H,1,3,19-20H2,2,4-8H3/t23?,24-,27+,28?/m0/s1. The van der Waals surface area contributed by atoms with E-state index in [1.54, 1.807) is 0 Å². The molecule has 2 aromatic rings. The minimum absolute atomic E-state index is 0.00961. The first-order valence-electron chi connectivity index (χ1n) is 11.7. The van der Waals surface area contributed by atoms with E-state index in [9.17, 15) is 0 Å². The second-order valence-electron chi connectivity index (χ2n) is 10.6. The molecule has 166 valence electrons. The van der Waals surface area contributed by atoms with Crippen LogP contribution in [-0.2, 0) is 4.43 Å². The first-order valence-corrected chi connectivity index (χ1v) is 13.6. The molecule has 0 N–H and O–H groups in total. The van der Waals surface area contributed by atoms with Crippen molar-refractivity contribution in [1.29, 1.82) is 0 Å². The van der Waals surface area contributed by atoms with E-state index in [0.717, 1.165) is 12.8 Å². The van der Waals surface area contributed by atoms with E-state index in [4.69, 9.17) is 4.43 Å². The molecule has 2 aromatic carbocycles. The number of hydrogen-bond donors (Lipinski definition) is 0. The summed E-state index contributed by atoms with van der Waals surface area (Å²) in [4.78, 5) is 0. The van der Waals surface area contributed by atoms with Crippen molar-refractivity contribution in [3.8, 4) is 0 Å². The minimum atomic E-state index is -2.57. The van der Waals surface area contributed by atoms with Gasteiger partial charge in [-0.1, -0.05) is 113 Å². The summed E-state index contributed by atoms with van der Waals surface area (Å²) in [7, 11) is -2.57. The topological polar surface area (TPSA) is 9.23 Å². The Hall–Kier alpha value is -1.90. The molecule has 0 aromatic heterocycles. The van der Waals surface area contributed by atoms with Crippen LogP contribution in [-0.4, -0.2) is 14.4 Å². The lowest BCUT2D eigenvalue weighted by molar-refractivity contribution is 0.0471. The van der Waals surface area contributed by atoms with Gasteiger partial charge in [0.15, 0.2) is 0 Å². The summed E-state index contributed by atoms with van der Waals surface area (Å²) in [6, 6.07) is 22.0. The molecule has 1 fully saturated rings. The Morgan fingerprint density at radius 3 is 1.71 bits per heavy atom. The van der Waals surface area contributed by atoms with E-state index in [0.29, 0.717) is 17.8 Å². The average molecular weight is 433 g/mol. The lowest BCUT2D eigenvalue weighted by Crippen LogP contribution is -2.68. The molecule has 0 spiro atoms. The van der Waals surface area contributed by atoms with Gasteiger partial charge in [-0.15, -0.1) is 0 Å². The molecule has 2 heteroatoms. The van der Waals surface area contributed by atoms with Crippen molar-refractivity contribution >= 4 is 18.7 Å². The lowest BCUT2D eigenvalue weighted by Gasteiger charge is -2.49. The Morgan fingerprint density at radius 2 is 1.32 bits per heavy atom. The second-order valence-corrected chi connectivity index (χ2v) is 14.9. The van der Waals surface area contributed by atoms with Crippen LogP contribution in [0.5, 0.6) is 0 Å². The van der Waals surface area contributed by atoms with E-state index in [1.165, 1.54) is 21.5 Å². The molecular weight excluding hydrogens is 392 g/mol. The van der Waals surface area contributed by atoms with Crippen molar-refractivity contribution in [3.63, 3.8) is 0 Å². The number of benzene rings is 2. The van der Waals surface area contributed by atoms with Crippen LogP contribution < -0.4 is 10.4 Å². The summed E-state index contributed by atoms with van der Waals surface area (Å²) in [6.45, 7) is 22.5. The van der Waals surface area contributed by atoms with Crippen molar-refractivity contribution < 1.29 is 4.43 Å². The molecule has 1 nitrogen and oxygen atoms in total. The van der Waals surface area contributed by atoms with Crippen molar-refractivity contribution in [2.45, 2.75) is 65.5 Å². The fraction of sp³-hybridized carbons (Fsp3) is 0.448. The highest BCUT2D eigenvalue weighted by molar-refractivity contribution is 6.99. The van der Waals surface area contributed by atoms with E-state index in [-0.39, 0.29) is 11.1 Å². The summed E-state index contributed by atoms with van der Waals surface area (Å²) in [5, 5.41) is 2.69. The monoisotopic (exact) mass is 432 g/mol. The van der Waals surface area contributed by atoms with Crippen LogP contribution >= 0.6 is 0 Å². The fourth-order valence-electron chi connectivity index (χ4n) is 5.50. The third kappa shape index (κ3) is 4.66. The molecular formula is C29H40OSi. The smallest absolute Gasteiger partial charge is 0.261 e. The van der Waals surface area contributed by atoms with Gasteiger partial charge >= 0.3 is 0 Å². The zero-order valence-corrected chi connectivity index (χ0v) is 21.3. The highest BCUT2D eigenvalue weighted by Gasteiger charge is 2.53. The van der Waals surface area contributed by atoms with Crippen LogP contribution in [0.15, 0.2) is 85.0 Å². The van der Waals surface area contributed by atoms with Gasteiger partial charge in [0.25, 0.3) is 8.32 Å². The van der Waals surface area contributed by atoms with Gasteiger partial charge in [0.05, 0.1) is 0 Å². The van der Waals surface area contributed by atoms with Crippen molar-refractivity contribution in [2.24, 2.45) is 17.8 Å². The van der Waals surface area contributed by atoms with Crippen LogP contribution in [0.3, 0.4) is 0 Å². The highest BCUT2D eigenvalue weighted by Crippen LogP contribution is 2.45. The normalized spacial score (nSPS) is 24.6. The first-order chi connectivity index (χ1) is 14.6. The maximum Gasteiger partial charge on any atom is 0.261 e. The first kappa shape index (κ1) is 23.8. The molecule has 2 unspecified atom stereocenters. The Kier molecular flexibility index (Phi) is 7.13. The van der Waals surface area contributed by atoms with Crippen molar-refractivity contribution in [1.82, 2.24) is 0 Å². The summed E-state index contributed by atoms with van der Waals surface area (Å²) < 4.78 is 7.55. The Morgan fingerprint density at radius 1 is 0.839 bits per heavy atom. The zero-order chi connectivity index (χ0) is 22.8. The molecule has 3 rings (SSSR count).